The molecule has 0 radical (unpaired) electrons. The Kier molecular flexibility index (Phi) is 4.41. The lowest BCUT2D eigenvalue weighted by Crippen LogP contribution is -2.06. The normalized spacial score (nSPS) is 10.0. The zero-order chi connectivity index (χ0) is 10.7. The van der Waals surface area contributed by atoms with Gasteiger partial charge in [0.25, 0.3) is 0 Å². The van der Waals surface area contributed by atoms with E-state index in [9.17, 15) is 4.79 Å². The molecule has 0 aliphatic rings. The smallest absolute Gasteiger partial charge is 0.340 e. The van der Waals surface area contributed by atoms with Gasteiger partial charge in [-0.05, 0) is 50.9 Å². The number of hydrogen-bond donors (Lipinski definition) is 0. The molecule has 1 rings (SSSR count). The Morgan fingerprint density at radius 1 is 1.50 bits per heavy atom. The number of carbonyl (C=O) groups is 1. The van der Waals surface area contributed by atoms with Gasteiger partial charge < -0.3 is 4.74 Å². The summed E-state index contributed by atoms with van der Waals surface area (Å²) < 4.78 is 6.09. The Hall–Kier alpha value is -0.0600. The van der Waals surface area contributed by atoms with E-state index in [0.29, 0.717) is 26.1 Å². The van der Waals surface area contributed by atoms with Crippen molar-refractivity contribution < 1.29 is 9.53 Å². The Labute approximate surface area is 104 Å². The fraction of sp³-hybridized carbons (Fsp3) is 0.222. The van der Waals surface area contributed by atoms with Crippen molar-refractivity contribution in [2.75, 3.05) is 6.61 Å². The van der Waals surface area contributed by atoms with Crippen LogP contribution in [-0.4, -0.2) is 12.6 Å². The fourth-order valence-electron chi connectivity index (χ4n) is 0.917. The molecule has 76 valence electrons. The molecule has 2 nitrogen and oxygen atoms in total. The van der Waals surface area contributed by atoms with Gasteiger partial charge in [0.05, 0.1) is 21.7 Å². The van der Waals surface area contributed by atoms with Crippen LogP contribution in [0.15, 0.2) is 21.1 Å². The molecule has 1 aromatic carbocycles. The number of esters is 1. The van der Waals surface area contributed by atoms with Crippen molar-refractivity contribution in [1.82, 2.24) is 0 Å². The average Bonchev–Trinajstić information content (AvgIpc) is 2.13. The summed E-state index contributed by atoms with van der Waals surface area (Å²) in [6.07, 6.45) is 0. The average molecular weight is 342 g/mol. The third kappa shape index (κ3) is 2.49. The summed E-state index contributed by atoms with van der Waals surface area (Å²) in [6.45, 7) is 2.09. The second-order valence-corrected chi connectivity index (χ2v) is 4.49. The van der Waals surface area contributed by atoms with E-state index in [1.165, 1.54) is 0 Å². The molecular formula is C9H7Br2ClO2. The zero-order valence-electron chi connectivity index (χ0n) is 7.31. The molecule has 0 bridgehead atoms. The van der Waals surface area contributed by atoms with E-state index in [-0.39, 0.29) is 0 Å². The third-order valence-corrected chi connectivity index (χ3v) is 3.55. The first-order chi connectivity index (χ1) is 6.57. The van der Waals surface area contributed by atoms with E-state index in [0.717, 1.165) is 0 Å². The van der Waals surface area contributed by atoms with Crippen LogP contribution in [0.25, 0.3) is 0 Å². The molecule has 0 aliphatic heterocycles. The largest absolute Gasteiger partial charge is 0.462 e. The van der Waals surface area contributed by atoms with Gasteiger partial charge in [-0.1, -0.05) is 11.6 Å². The van der Waals surface area contributed by atoms with Crippen molar-refractivity contribution in [1.29, 1.82) is 0 Å². The van der Waals surface area contributed by atoms with Crippen LogP contribution in [0.3, 0.4) is 0 Å². The molecule has 0 saturated heterocycles. The van der Waals surface area contributed by atoms with Gasteiger partial charge in [0.2, 0.25) is 0 Å². The van der Waals surface area contributed by atoms with Crippen LogP contribution < -0.4 is 0 Å². The second-order valence-electron chi connectivity index (χ2n) is 2.44. The fourth-order valence-corrected chi connectivity index (χ4v) is 2.34. The molecule has 0 aromatic heterocycles. The van der Waals surface area contributed by atoms with Crippen LogP contribution >= 0.6 is 43.5 Å². The van der Waals surface area contributed by atoms with E-state index >= 15 is 0 Å². The lowest BCUT2D eigenvalue weighted by atomic mass is 10.2. The van der Waals surface area contributed by atoms with Crippen LogP contribution in [-0.2, 0) is 4.74 Å². The predicted octanol–water partition coefficient (Wildman–Crippen LogP) is 4.04. The standard InChI is InChI=1S/C9H7Br2ClO2/c1-2-14-9(13)7-5(10)3-4-6(12)8(7)11/h3-4H,2H2,1H3. The first-order valence-electron chi connectivity index (χ1n) is 3.88. The van der Waals surface area contributed by atoms with Crippen molar-refractivity contribution in [3.8, 4) is 0 Å². The molecule has 0 saturated carbocycles. The lowest BCUT2D eigenvalue weighted by molar-refractivity contribution is 0.0524. The highest BCUT2D eigenvalue weighted by atomic mass is 79.9. The number of benzene rings is 1. The Bertz CT molecular complexity index is 366. The second kappa shape index (κ2) is 5.14. The highest BCUT2D eigenvalue weighted by molar-refractivity contribution is 9.11. The first kappa shape index (κ1) is 12.0. The van der Waals surface area contributed by atoms with Crippen molar-refractivity contribution in [2.45, 2.75) is 6.92 Å². The van der Waals surface area contributed by atoms with E-state index in [2.05, 4.69) is 31.9 Å². The van der Waals surface area contributed by atoms with Gasteiger partial charge >= 0.3 is 5.97 Å². The maximum Gasteiger partial charge on any atom is 0.340 e. The van der Waals surface area contributed by atoms with Crippen LogP contribution in [0.2, 0.25) is 5.02 Å². The van der Waals surface area contributed by atoms with Crippen molar-refractivity contribution >= 4 is 49.4 Å². The van der Waals surface area contributed by atoms with Crippen molar-refractivity contribution in [3.05, 3.63) is 31.7 Å². The molecule has 0 amide bonds. The first-order valence-corrected chi connectivity index (χ1v) is 5.85. The highest BCUT2D eigenvalue weighted by Crippen LogP contribution is 2.32. The van der Waals surface area contributed by atoms with E-state index in [1.54, 1.807) is 19.1 Å². The SMILES string of the molecule is CCOC(=O)c1c(Br)ccc(Cl)c1Br. The Balaban J connectivity index is 3.18. The highest BCUT2D eigenvalue weighted by Gasteiger charge is 2.17. The molecule has 0 aliphatic carbocycles. The van der Waals surface area contributed by atoms with Crippen molar-refractivity contribution in [2.24, 2.45) is 0 Å². The number of hydrogen-bond acceptors (Lipinski definition) is 2. The van der Waals surface area contributed by atoms with Crippen LogP contribution in [0.1, 0.15) is 17.3 Å². The molecule has 14 heavy (non-hydrogen) atoms. The molecule has 0 unspecified atom stereocenters. The van der Waals surface area contributed by atoms with Crippen LogP contribution in [0.4, 0.5) is 0 Å². The Morgan fingerprint density at radius 3 is 2.71 bits per heavy atom. The van der Waals surface area contributed by atoms with Gasteiger partial charge in [-0.2, -0.15) is 0 Å². The molecule has 0 atom stereocenters. The summed E-state index contributed by atoms with van der Waals surface area (Å²) in [5.41, 5.74) is 0.416. The summed E-state index contributed by atoms with van der Waals surface area (Å²) >= 11 is 12.4. The summed E-state index contributed by atoms with van der Waals surface area (Å²) in [4.78, 5) is 11.5. The molecule has 0 heterocycles. The van der Waals surface area contributed by atoms with Gasteiger partial charge in [-0.3, -0.25) is 0 Å². The quantitative estimate of drug-likeness (QED) is 0.599. The third-order valence-electron chi connectivity index (χ3n) is 1.52. The molecule has 0 spiro atoms. The minimum atomic E-state index is -0.395. The molecule has 0 N–H and O–H groups in total. The van der Waals surface area contributed by atoms with Gasteiger partial charge in [0, 0.05) is 4.47 Å². The molecule has 0 fully saturated rings. The summed E-state index contributed by atoms with van der Waals surface area (Å²) in [6, 6.07) is 3.40. The number of ether oxygens (including phenoxy) is 1. The monoisotopic (exact) mass is 340 g/mol. The maximum atomic E-state index is 11.5. The topological polar surface area (TPSA) is 26.3 Å². The summed E-state index contributed by atoms with van der Waals surface area (Å²) in [5.74, 6) is -0.395. The van der Waals surface area contributed by atoms with E-state index in [1.807, 2.05) is 0 Å². The number of carbonyl (C=O) groups excluding carboxylic acids is 1. The molecular weight excluding hydrogens is 335 g/mol. The summed E-state index contributed by atoms with van der Waals surface area (Å²) in [7, 11) is 0. The van der Waals surface area contributed by atoms with Gasteiger partial charge in [0.1, 0.15) is 0 Å². The van der Waals surface area contributed by atoms with Crippen LogP contribution in [0, 0.1) is 0 Å². The lowest BCUT2D eigenvalue weighted by Gasteiger charge is -2.07. The molecule has 5 heteroatoms. The zero-order valence-corrected chi connectivity index (χ0v) is 11.2. The number of halogens is 3. The maximum absolute atomic E-state index is 11.5. The van der Waals surface area contributed by atoms with Gasteiger partial charge in [-0.15, -0.1) is 0 Å². The molecule has 1 aromatic rings. The predicted molar refractivity (Wildman–Crippen MR) is 62.8 cm³/mol. The number of rotatable bonds is 2. The van der Waals surface area contributed by atoms with Crippen LogP contribution in [0.5, 0.6) is 0 Å². The summed E-state index contributed by atoms with van der Waals surface area (Å²) in [5, 5.41) is 0.483. The van der Waals surface area contributed by atoms with E-state index in [4.69, 9.17) is 16.3 Å². The minimum Gasteiger partial charge on any atom is -0.462 e. The minimum absolute atomic E-state index is 0.338. The Morgan fingerprint density at radius 2 is 2.14 bits per heavy atom. The van der Waals surface area contributed by atoms with Gasteiger partial charge in [0.15, 0.2) is 0 Å². The van der Waals surface area contributed by atoms with E-state index < -0.39 is 5.97 Å². The van der Waals surface area contributed by atoms with Gasteiger partial charge in [-0.25, -0.2) is 4.79 Å². The van der Waals surface area contributed by atoms with Crippen molar-refractivity contribution in [3.63, 3.8) is 0 Å².